The third kappa shape index (κ3) is 3.66. The molecule has 0 aliphatic carbocycles. The molecule has 0 saturated heterocycles. The summed E-state index contributed by atoms with van der Waals surface area (Å²) >= 11 is 13.2. The van der Waals surface area contributed by atoms with Crippen molar-refractivity contribution in [3.63, 3.8) is 0 Å². The van der Waals surface area contributed by atoms with Gasteiger partial charge in [-0.3, -0.25) is 4.79 Å². The monoisotopic (exact) mass is 362 g/mol. The van der Waals surface area contributed by atoms with E-state index in [2.05, 4.69) is 0 Å². The van der Waals surface area contributed by atoms with Gasteiger partial charge in [0, 0.05) is 20.3 Å². The third-order valence-corrected chi connectivity index (χ3v) is 6.18. The van der Waals surface area contributed by atoms with Gasteiger partial charge in [0.1, 0.15) is 5.75 Å². The van der Waals surface area contributed by atoms with Crippen LogP contribution in [-0.2, 0) is 9.84 Å². The van der Waals surface area contributed by atoms with Crippen molar-refractivity contribution in [1.82, 2.24) is 0 Å². The minimum Gasteiger partial charge on any atom is -0.293 e. The van der Waals surface area contributed by atoms with Gasteiger partial charge in [0.15, 0.2) is 15.6 Å². The van der Waals surface area contributed by atoms with E-state index in [9.17, 15) is 13.2 Å². The van der Waals surface area contributed by atoms with Crippen LogP contribution in [0.25, 0.3) is 0 Å². The fourth-order valence-electron chi connectivity index (χ4n) is 1.95. The Hall–Kier alpha value is -0.880. The van der Waals surface area contributed by atoms with Crippen LogP contribution < -0.4 is 0 Å². The number of halogens is 2. The number of hydrogen-bond donors (Lipinski definition) is 0. The molecular formula is C14H12Cl2O3S2. The molecule has 112 valence electrons. The van der Waals surface area contributed by atoms with Gasteiger partial charge in [-0.05, 0) is 38.1 Å². The summed E-state index contributed by atoms with van der Waals surface area (Å²) in [5, 5.41) is 0.318. The number of benzene rings is 1. The summed E-state index contributed by atoms with van der Waals surface area (Å²) in [4.78, 5) is 13.9. The Morgan fingerprint density at radius 1 is 1.19 bits per heavy atom. The maximum Gasteiger partial charge on any atom is 0.187 e. The molecule has 0 saturated carbocycles. The fraction of sp³-hybridized carbons (Fsp3) is 0.214. The Kier molecular flexibility index (Phi) is 4.78. The quantitative estimate of drug-likeness (QED) is 0.760. The molecule has 0 atom stereocenters. The second kappa shape index (κ2) is 6.08. The van der Waals surface area contributed by atoms with Crippen molar-refractivity contribution in [2.75, 3.05) is 5.75 Å². The summed E-state index contributed by atoms with van der Waals surface area (Å²) in [5.74, 6) is -1.06. The predicted octanol–water partition coefficient (Wildman–Crippen LogP) is 4.33. The average Bonchev–Trinajstić information content (AvgIpc) is 2.71. The molecule has 7 heteroatoms. The van der Waals surface area contributed by atoms with Crippen molar-refractivity contribution < 1.29 is 13.2 Å². The summed E-state index contributed by atoms with van der Waals surface area (Å²) in [7, 11) is -3.83. The average molecular weight is 363 g/mol. The number of rotatable bonds is 4. The number of hydrogen-bond acceptors (Lipinski definition) is 4. The summed E-state index contributed by atoms with van der Waals surface area (Å²) in [6.45, 7) is 3.67. The Morgan fingerprint density at radius 3 is 2.43 bits per heavy atom. The molecule has 0 bridgehead atoms. The molecule has 0 spiro atoms. The fourth-order valence-corrected chi connectivity index (χ4v) is 4.93. The van der Waals surface area contributed by atoms with Gasteiger partial charge in [0.2, 0.25) is 0 Å². The third-order valence-electron chi connectivity index (χ3n) is 2.89. The molecule has 0 fully saturated rings. The second-order valence-corrected chi connectivity index (χ2v) is 8.85. The molecule has 1 aromatic heterocycles. The first-order valence-electron chi connectivity index (χ1n) is 5.99. The topological polar surface area (TPSA) is 51.2 Å². The molecule has 0 radical (unpaired) electrons. The van der Waals surface area contributed by atoms with E-state index in [-0.39, 0.29) is 14.9 Å². The van der Waals surface area contributed by atoms with Crippen molar-refractivity contribution >= 4 is 50.2 Å². The number of sulfone groups is 1. The molecular weight excluding hydrogens is 351 g/mol. The molecule has 21 heavy (non-hydrogen) atoms. The molecule has 2 aromatic rings. The van der Waals surface area contributed by atoms with E-state index in [1.54, 1.807) is 13.0 Å². The number of aryl methyl sites for hydroxylation is 2. The van der Waals surface area contributed by atoms with Gasteiger partial charge in [-0.25, -0.2) is 8.42 Å². The highest BCUT2D eigenvalue weighted by atomic mass is 35.5. The zero-order valence-corrected chi connectivity index (χ0v) is 14.5. The van der Waals surface area contributed by atoms with Crippen LogP contribution in [0.1, 0.15) is 20.1 Å². The van der Waals surface area contributed by atoms with E-state index < -0.39 is 21.4 Å². The highest BCUT2D eigenvalue weighted by Crippen LogP contribution is 2.27. The smallest absolute Gasteiger partial charge is 0.187 e. The van der Waals surface area contributed by atoms with E-state index in [1.807, 2.05) is 6.92 Å². The van der Waals surface area contributed by atoms with Gasteiger partial charge < -0.3 is 0 Å². The van der Waals surface area contributed by atoms with Crippen molar-refractivity contribution in [1.29, 1.82) is 0 Å². The Bertz CT molecular complexity index is 808. The first-order valence-corrected chi connectivity index (χ1v) is 9.21. The van der Waals surface area contributed by atoms with Crippen LogP contribution in [0.3, 0.4) is 0 Å². The maximum absolute atomic E-state index is 12.3. The highest BCUT2D eigenvalue weighted by molar-refractivity contribution is 7.92. The Morgan fingerprint density at radius 2 is 1.86 bits per heavy atom. The SMILES string of the molecule is Cc1cc(C(=O)CS(=O)(=O)c2cc(Cl)ccc2Cl)c(C)s1. The molecule has 1 heterocycles. The highest BCUT2D eigenvalue weighted by Gasteiger charge is 2.24. The molecule has 0 amide bonds. The zero-order chi connectivity index (χ0) is 15.8. The molecule has 0 aliphatic heterocycles. The Balaban J connectivity index is 2.35. The van der Waals surface area contributed by atoms with Crippen molar-refractivity contribution in [3.8, 4) is 0 Å². The van der Waals surface area contributed by atoms with Gasteiger partial charge >= 0.3 is 0 Å². The van der Waals surface area contributed by atoms with Crippen molar-refractivity contribution in [2.45, 2.75) is 18.7 Å². The lowest BCUT2D eigenvalue weighted by Crippen LogP contribution is -2.17. The molecule has 0 N–H and O–H groups in total. The van der Waals surface area contributed by atoms with E-state index in [0.717, 1.165) is 9.75 Å². The molecule has 0 aliphatic rings. The predicted molar refractivity (Wildman–Crippen MR) is 86.6 cm³/mol. The van der Waals surface area contributed by atoms with Crippen LogP contribution in [0.4, 0.5) is 0 Å². The second-order valence-electron chi connectivity index (χ2n) is 4.58. The number of Topliss-reactive ketones (excluding diaryl/α,β-unsaturated/α-hetero) is 1. The summed E-state index contributed by atoms with van der Waals surface area (Å²) in [6, 6.07) is 5.87. The lowest BCUT2D eigenvalue weighted by Gasteiger charge is -2.06. The van der Waals surface area contributed by atoms with Crippen molar-refractivity contribution in [2.24, 2.45) is 0 Å². The van der Waals surface area contributed by atoms with E-state index in [1.165, 1.54) is 29.5 Å². The van der Waals surface area contributed by atoms with E-state index in [4.69, 9.17) is 23.2 Å². The first-order chi connectivity index (χ1) is 9.70. The first kappa shape index (κ1) is 16.5. The standard InChI is InChI=1S/C14H12Cl2O3S2/c1-8-5-11(9(2)20-8)13(17)7-21(18,19)14-6-10(15)3-4-12(14)16/h3-6H,7H2,1-2H3. The van der Waals surface area contributed by atoms with Gasteiger partial charge in [-0.1, -0.05) is 23.2 Å². The van der Waals surface area contributed by atoms with Crippen LogP contribution in [0.2, 0.25) is 10.0 Å². The van der Waals surface area contributed by atoms with Gasteiger partial charge in [-0.2, -0.15) is 0 Å². The molecule has 1 aromatic carbocycles. The maximum atomic E-state index is 12.3. The number of carbonyl (C=O) groups is 1. The normalized spacial score (nSPS) is 11.6. The Labute approximate surface area is 137 Å². The van der Waals surface area contributed by atoms with E-state index in [0.29, 0.717) is 5.56 Å². The van der Waals surface area contributed by atoms with Crippen LogP contribution >= 0.6 is 34.5 Å². The van der Waals surface area contributed by atoms with Crippen LogP contribution in [-0.4, -0.2) is 20.0 Å². The largest absolute Gasteiger partial charge is 0.293 e. The van der Waals surface area contributed by atoms with E-state index >= 15 is 0 Å². The lowest BCUT2D eigenvalue weighted by atomic mass is 10.2. The van der Waals surface area contributed by atoms with Gasteiger partial charge in [0.25, 0.3) is 0 Å². The zero-order valence-electron chi connectivity index (χ0n) is 11.3. The van der Waals surface area contributed by atoms with Crippen LogP contribution in [0.5, 0.6) is 0 Å². The number of ketones is 1. The van der Waals surface area contributed by atoms with Crippen LogP contribution in [0, 0.1) is 13.8 Å². The minimum absolute atomic E-state index is 0.0606. The number of carbonyl (C=O) groups excluding carboxylic acids is 1. The molecule has 0 unspecified atom stereocenters. The van der Waals surface area contributed by atoms with Gasteiger partial charge in [-0.15, -0.1) is 11.3 Å². The number of thiophene rings is 1. The summed E-state index contributed by atoms with van der Waals surface area (Å²) < 4.78 is 24.7. The van der Waals surface area contributed by atoms with Crippen LogP contribution in [0.15, 0.2) is 29.2 Å². The summed E-state index contributed by atoms with van der Waals surface area (Å²) in [6.07, 6.45) is 0. The molecule has 2 rings (SSSR count). The minimum atomic E-state index is -3.83. The molecule has 3 nitrogen and oxygen atoms in total. The summed E-state index contributed by atoms with van der Waals surface area (Å²) in [5.41, 5.74) is 0.444. The van der Waals surface area contributed by atoms with Gasteiger partial charge in [0.05, 0.1) is 9.92 Å². The van der Waals surface area contributed by atoms with Crippen molar-refractivity contribution in [3.05, 3.63) is 49.6 Å². The lowest BCUT2D eigenvalue weighted by molar-refractivity contribution is 0.102.